The summed E-state index contributed by atoms with van der Waals surface area (Å²) in [6.07, 6.45) is 1.01. The predicted octanol–water partition coefficient (Wildman–Crippen LogP) is 2.27. The van der Waals surface area contributed by atoms with E-state index in [1.54, 1.807) is 7.05 Å². The third-order valence-electron chi connectivity index (χ3n) is 3.67. The average Bonchev–Trinajstić information content (AvgIpc) is 2.56. The zero-order chi connectivity index (χ0) is 18.1. The molecule has 0 heterocycles. The first kappa shape index (κ1) is 20.2. The summed E-state index contributed by atoms with van der Waals surface area (Å²) in [5.41, 5.74) is 2.01. The van der Waals surface area contributed by atoms with Crippen molar-refractivity contribution >= 4 is 33.7 Å². The number of carbonyl (C=O) groups excluding carboxylic acids is 1. The maximum Gasteiger partial charge on any atom is 0.311 e. The van der Waals surface area contributed by atoms with E-state index in [1.807, 2.05) is 38.1 Å². The molecule has 1 aromatic rings. The Morgan fingerprint density at radius 3 is 2.46 bits per heavy atom. The Labute approximate surface area is 150 Å². The van der Waals surface area contributed by atoms with Crippen LogP contribution in [0.2, 0.25) is 0 Å². The van der Waals surface area contributed by atoms with E-state index in [2.05, 4.69) is 9.68 Å². The summed E-state index contributed by atoms with van der Waals surface area (Å²) in [4.78, 5) is 14.5. The second-order valence-electron chi connectivity index (χ2n) is 5.31. The lowest BCUT2D eigenvalue weighted by Gasteiger charge is -2.26. The van der Waals surface area contributed by atoms with Gasteiger partial charge in [-0.2, -0.15) is 12.8 Å². The third kappa shape index (κ3) is 6.01. The maximum absolute atomic E-state index is 12.9. The molecule has 0 aliphatic heterocycles. The van der Waals surface area contributed by atoms with Crippen LogP contribution in [-0.4, -0.2) is 44.5 Å². The van der Waals surface area contributed by atoms with E-state index in [0.717, 1.165) is 11.1 Å². The zero-order valence-corrected chi connectivity index (χ0v) is 15.8. The lowest BCUT2D eigenvalue weighted by atomic mass is 9.92. The Balaban J connectivity index is 3.02. The highest BCUT2D eigenvalue weighted by Crippen LogP contribution is 2.24. The van der Waals surface area contributed by atoms with Crippen molar-refractivity contribution in [3.8, 4) is 0 Å². The van der Waals surface area contributed by atoms with Crippen LogP contribution in [0, 0.1) is 6.92 Å². The largest absolute Gasteiger partial charge is 0.365 e. The fraction of sp³-hybridized carbons (Fsp3) is 0.500. The van der Waals surface area contributed by atoms with Crippen molar-refractivity contribution < 1.29 is 13.2 Å². The number of thiocarbonyl (C=S) groups is 1. The molecule has 1 rings (SSSR count). The fourth-order valence-electron chi connectivity index (χ4n) is 2.39. The number of likely N-dealkylation sites (N-methyl/N-ethyl adjacent to an activating group) is 1. The Morgan fingerprint density at radius 2 is 1.96 bits per heavy atom. The fourth-order valence-corrected chi connectivity index (χ4v) is 2.89. The van der Waals surface area contributed by atoms with Crippen LogP contribution in [0.3, 0.4) is 0 Å². The molecule has 0 radical (unpaired) electrons. The van der Waals surface area contributed by atoms with Gasteiger partial charge in [0, 0.05) is 13.6 Å². The molecule has 6 nitrogen and oxygen atoms in total. The number of rotatable bonds is 7. The first-order valence-corrected chi connectivity index (χ1v) is 9.21. The summed E-state index contributed by atoms with van der Waals surface area (Å²) >= 11 is 5.21. The minimum atomic E-state index is -2.41. The molecule has 132 valence electrons. The van der Waals surface area contributed by atoms with E-state index in [-0.39, 0.29) is 18.4 Å². The monoisotopic (exact) mass is 369 g/mol. The molecule has 0 aliphatic carbocycles. The summed E-state index contributed by atoms with van der Waals surface area (Å²) in [6, 6.07) is 7.77. The van der Waals surface area contributed by atoms with Crippen LogP contribution in [0.4, 0.5) is 0 Å². The molecule has 1 N–H and O–H groups in total. The van der Waals surface area contributed by atoms with Gasteiger partial charge in [-0.15, -0.1) is 0 Å². The smallest absolute Gasteiger partial charge is 0.311 e. The number of aryl methyl sites for hydroxylation is 1. The van der Waals surface area contributed by atoms with Gasteiger partial charge in [0.2, 0.25) is 5.91 Å². The molecule has 8 heteroatoms. The number of benzene rings is 1. The number of carbonyl (C=O) groups is 1. The van der Waals surface area contributed by atoms with Crippen LogP contribution in [0.25, 0.3) is 0 Å². The highest BCUT2D eigenvalue weighted by atomic mass is 32.2. The van der Waals surface area contributed by atoms with E-state index >= 15 is 0 Å². The summed E-state index contributed by atoms with van der Waals surface area (Å²) in [7, 11) is -0.727. The molecule has 1 aromatic carbocycles. The number of amides is 1. The molecule has 0 spiro atoms. The first-order valence-electron chi connectivity index (χ1n) is 7.77. The van der Waals surface area contributed by atoms with Gasteiger partial charge in [-0.05, 0) is 44.5 Å². The number of hydrogen-bond acceptors (Lipinski definition) is 5. The maximum atomic E-state index is 12.9. The molecule has 1 unspecified atom stereocenters. The first-order chi connectivity index (χ1) is 11.4. The van der Waals surface area contributed by atoms with Gasteiger partial charge in [0.1, 0.15) is 0 Å². The van der Waals surface area contributed by atoms with Crippen molar-refractivity contribution in [3.63, 3.8) is 0 Å². The van der Waals surface area contributed by atoms with Crippen LogP contribution in [0.1, 0.15) is 36.8 Å². The van der Waals surface area contributed by atoms with Crippen LogP contribution in [0.15, 0.2) is 28.6 Å². The van der Waals surface area contributed by atoms with Gasteiger partial charge in [-0.25, -0.2) is 0 Å². The molecule has 0 fully saturated rings. The van der Waals surface area contributed by atoms with Crippen molar-refractivity contribution in [3.05, 3.63) is 35.4 Å². The van der Waals surface area contributed by atoms with Gasteiger partial charge < -0.3 is 5.32 Å². The van der Waals surface area contributed by atoms with Crippen LogP contribution in [-0.2, 0) is 15.3 Å². The minimum absolute atomic E-state index is 0.0936. The van der Waals surface area contributed by atoms with E-state index < -0.39 is 10.5 Å². The van der Waals surface area contributed by atoms with E-state index in [1.165, 1.54) is 4.90 Å². The van der Waals surface area contributed by atoms with Crippen LogP contribution < -0.4 is 5.32 Å². The molecular formula is C16H23N3O3S2. The average molecular weight is 370 g/mol. The second-order valence-corrected chi connectivity index (χ2v) is 6.39. The predicted molar refractivity (Wildman–Crippen MR) is 98.4 cm³/mol. The van der Waals surface area contributed by atoms with Crippen molar-refractivity contribution in [1.29, 1.82) is 0 Å². The van der Waals surface area contributed by atoms with Crippen molar-refractivity contribution in [2.75, 3.05) is 20.1 Å². The molecule has 0 saturated heterocycles. The second kappa shape index (κ2) is 10.1. The highest BCUT2D eigenvalue weighted by Gasteiger charge is 2.26. The van der Waals surface area contributed by atoms with Crippen molar-refractivity contribution in [2.24, 2.45) is 4.36 Å². The lowest BCUT2D eigenvalue weighted by molar-refractivity contribution is -0.129. The number of hydrogen-bond donors (Lipinski definition) is 1. The topological polar surface area (TPSA) is 78.8 Å². The zero-order valence-electron chi connectivity index (χ0n) is 14.2. The van der Waals surface area contributed by atoms with Crippen molar-refractivity contribution in [1.82, 2.24) is 10.2 Å². The normalized spacial score (nSPS) is 11.5. The Bertz CT molecular complexity index is 692. The summed E-state index contributed by atoms with van der Waals surface area (Å²) in [6.45, 7) is 4.49. The molecule has 0 saturated carbocycles. The summed E-state index contributed by atoms with van der Waals surface area (Å²) in [5, 5.41) is 3.21. The summed E-state index contributed by atoms with van der Waals surface area (Å²) < 4.78 is 24.4. The van der Waals surface area contributed by atoms with Gasteiger partial charge in [0.25, 0.3) is 0 Å². The van der Waals surface area contributed by atoms with Crippen LogP contribution in [0.5, 0.6) is 0 Å². The molecule has 0 bridgehead atoms. The molecule has 1 atom stereocenters. The third-order valence-corrected chi connectivity index (χ3v) is 4.48. The van der Waals surface area contributed by atoms with Gasteiger partial charge in [0.15, 0.2) is 5.11 Å². The SMILES string of the molecule is CCN(C(=O)C(CCCN=S(=O)=O)c1ccc(C)cc1)C(=S)NC. The summed E-state index contributed by atoms with van der Waals surface area (Å²) in [5.74, 6) is -0.476. The molecule has 1 amide bonds. The van der Waals surface area contributed by atoms with Gasteiger partial charge in [-0.1, -0.05) is 29.8 Å². The van der Waals surface area contributed by atoms with Crippen molar-refractivity contribution in [2.45, 2.75) is 32.6 Å². The quantitative estimate of drug-likeness (QED) is 0.589. The standard InChI is InChI=1S/C16H23N3O3S2/c1-4-19(16(23)17-3)15(20)14(6-5-11-18-24(21)22)13-9-7-12(2)8-10-13/h7-10,14H,4-6,11H2,1-3H3,(H,17,23). The molecule has 0 aliphatic rings. The Morgan fingerprint density at radius 1 is 1.33 bits per heavy atom. The number of nitrogens with zero attached hydrogens (tertiary/aromatic N) is 2. The Kier molecular flexibility index (Phi) is 8.56. The van der Waals surface area contributed by atoms with Gasteiger partial charge >= 0.3 is 10.5 Å². The molecule has 0 aromatic heterocycles. The highest BCUT2D eigenvalue weighted by molar-refractivity contribution is 7.80. The van der Waals surface area contributed by atoms with E-state index in [9.17, 15) is 13.2 Å². The Hall–Kier alpha value is -1.80. The van der Waals surface area contributed by atoms with E-state index in [4.69, 9.17) is 12.2 Å². The van der Waals surface area contributed by atoms with Crippen LogP contribution >= 0.6 is 12.2 Å². The number of nitrogens with one attached hydrogen (secondary N) is 1. The van der Waals surface area contributed by atoms with Gasteiger partial charge in [0.05, 0.1) is 12.5 Å². The molecule has 24 heavy (non-hydrogen) atoms. The van der Waals surface area contributed by atoms with E-state index in [0.29, 0.717) is 24.5 Å². The minimum Gasteiger partial charge on any atom is -0.365 e. The lowest BCUT2D eigenvalue weighted by Crippen LogP contribution is -2.44. The van der Waals surface area contributed by atoms with Gasteiger partial charge in [-0.3, -0.25) is 9.69 Å². The molecular weight excluding hydrogens is 346 g/mol.